The average molecular weight is 955 g/mol. The molecular formula is C37H29Cl4F10N5O5. The first kappa shape index (κ1) is 48.9. The van der Waals surface area contributed by atoms with Gasteiger partial charge in [0.05, 0.1) is 41.1 Å². The molecule has 24 heteroatoms. The molecule has 330 valence electrons. The van der Waals surface area contributed by atoms with E-state index in [0.717, 1.165) is 24.1 Å². The number of fused-ring (bicyclic) bond motifs is 1. The lowest BCUT2D eigenvalue weighted by Crippen LogP contribution is -2.54. The summed E-state index contributed by atoms with van der Waals surface area (Å²) < 4.78 is 147. The van der Waals surface area contributed by atoms with Gasteiger partial charge in [-0.05, 0) is 41.5 Å². The predicted octanol–water partition coefficient (Wildman–Crippen LogP) is 11.3. The smallest absolute Gasteiger partial charge is 0.435 e. The van der Waals surface area contributed by atoms with E-state index in [1.54, 1.807) is 12.1 Å². The molecular weight excluding hydrogens is 926 g/mol. The predicted molar refractivity (Wildman–Crippen MR) is 203 cm³/mol. The number of anilines is 1. The Morgan fingerprint density at radius 1 is 0.852 bits per heavy atom. The first-order valence-corrected chi connectivity index (χ1v) is 18.6. The molecule has 1 aliphatic rings. The van der Waals surface area contributed by atoms with Crippen molar-refractivity contribution >= 4 is 64.0 Å². The van der Waals surface area contributed by atoms with Crippen LogP contribution < -0.4 is 24.5 Å². The topological polar surface area (TPSA) is 106 Å². The number of rotatable bonds is 13. The van der Waals surface area contributed by atoms with Crippen molar-refractivity contribution in [3.63, 3.8) is 0 Å². The van der Waals surface area contributed by atoms with E-state index in [4.69, 9.17) is 60.6 Å². The molecule has 2 aromatic heterocycles. The summed E-state index contributed by atoms with van der Waals surface area (Å²) in [7, 11) is 0. The molecule has 5 rings (SSSR count). The van der Waals surface area contributed by atoms with Crippen LogP contribution in [0.5, 0.6) is 17.4 Å². The van der Waals surface area contributed by atoms with E-state index < -0.39 is 53.8 Å². The number of hydrogen-bond acceptors (Lipinski definition) is 8. The van der Waals surface area contributed by atoms with Crippen molar-refractivity contribution < 1.29 is 67.7 Å². The quantitative estimate of drug-likeness (QED) is 0.104. The van der Waals surface area contributed by atoms with Gasteiger partial charge in [-0.1, -0.05) is 58.5 Å². The molecule has 3 heterocycles. The highest BCUT2D eigenvalue weighted by Gasteiger charge is 2.73. The molecule has 0 fully saturated rings. The van der Waals surface area contributed by atoms with Gasteiger partial charge in [0.15, 0.2) is 5.75 Å². The second-order valence-electron chi connectivity index (χ2n) is 12.4. The van der Waals surface area contributed by atoms with Crippen LogP contribution in [0.15, 0.2) is 83.8 Å². The van der Waals surface area contributed by atoms with E-state index in [1.807, 2.05) is 0 Å². The lowest BCUT2D eigenvalue weighted by Gasteiger charge is -2.37. The largest absolute Gasteiger partial charge is 0.490 e. The molecule has 2 aromatic carbocycles. The van der Waals surface area contributed by atoms with Crippen LogP contribution >= 0.6 is 46.4 Å². The Morgan fingerprint density at radius 3 is 2.03 bits per heavy atom. The fourth-order valence-electron chi connectivity index (χ4n) is 5.21. The lowest BCUT2D eigenvalue weighted by atomic mass is 9.91. The van der Waals surface area contributed by atoms with Gasteiger partial charge in [-0.25, -0.2) is 24.5 Å². The third-order valence-corrected chi connectivity index (χ3v) is 8.94. The zero-order chi connectivity index (χ0) is 45.3. The van der Waals surface area contributed by atoms with E-state index in [-0.39, 0.29) is 69.8 Å². The number of nitrogens with one attached hydrogen (secondary N) is 1. The molecule has 0 saturated carbocycles. The van der Waals surface area contributed by atoms with E-state index in [1.165, 1.54) is 30.6 Å². The molecule has 0 bridgehead atoms. The Bertz CT molecular complexity index is 2140. The third kappa shape index (κ3) is 12.7. The van der Waals surface area contributed by atoms with Crippen LogP contribution in [0.2, 0.25) is 10.0 Å². The van der Waals surface area contributed by atoms with E-state index in [2.05, 4.69) is 15.4 Å². The Labute approximate surface area is 359 Å². The van der Waals surface area contributed by atoms with Gasteiger partial charge >= 0.3 is 30.2 Å². The Hall–Kier alpha value is -4.76. The number of urea groups is 1. The van der Waals surface area contributed by atoms with Crippen molar-refractivity contribution in [2.75, 3.05) is 24.7 Å². The minimum atomic E-state index is -6.29. The molecule has 61 heavy (non-hydrogen) atoms. The van der Waals surface area contributed by atoms with Crippen LogP contribution in [-0.4, -0.2) is 59.1 Å². The van der Waals surface area contributed by atoms with Crippen molar-refractivity contribution in [1.29, 1.82) is 0 Å². The highest BCUT2D eigenvalue weighted by molar-refractivity contribution is 6.55. The average Bonchev–Trinajstić information content (AvgIpc) is 3.16. The number of ether oxygens (including phenoxy) is 3. The minimum absolute atomic E-state index is 0.0124. The number of pyridine rings is 2. The Kier molecular flexibility index (Phi) is 16.4. The first-order chi connectivity index (χ1) is 28.4. The van der Waals surface area contributed by atoms with Crippen LogP contribution in [0.3, 0.4) is 0 Å². The summed E-state index contributed by atoms with van der Waals surface area (Å²) in [6, 6.07) is 8.78. The van der Waals surface area contributed by atoms with Gasteiger partial charge in [0.1, 0.15) is 16.8 Å². The second kappa shape index (κ2) is 20.4. The van der Waals surface area contributed by atoms with Gasteiger partial charge in [0.2, 0.25) is 11.8 Å². The minimum Gasteiger partial charge on any atom is -0.490 e. The summed E-state index contributed by atoms with van der Waals surface area (Å²) in [4.78, 5) is 32.7. The highest BCUT2D eigenvalue weighted by atomic mass is 35.5. The fraction of sp³-hybridized carbons (Fsp3) is 0.297. The maximum absolute atomic E-state index is 14.5. The summed E-state index contributed by atoms with van der Waals surface area (Å²) in [5.74, 6) is -0.0640. The molecule has 3 amide bonds. The molecule has 0 radical (unpaired) electrons. The number of hydrazine groups is 1. The van der Waals surface area contributed by atoms with E-state index in [0.29, 0.717) is 41.0 Å². The van der Waals surface area contributed by atoms with Gasteiger partial charge in [-0.15, -0.1) is 0 Å². The molecule has 0 saturated heterocycles. The number of alkyl halides is 10. The molecule has 0 aliphatic carbocycles. The number of benzene rings is 2. The van der Waals surface area contributed by atoms with Gasteiger partial charge < -0.3 is 14.2 Å². The number of amides is 3. The lowest BCUT2D eigenvalue weighted by molar-refractivity contribution is -0.348. The first-order valence-electron chi connectivity index (χ1n) is 17.1. The normalized spacial score (nSPS) is 13.2. The molecule has 4 aromatic rings. The zero-order valence-electron chi connectivity index (χ0n) is 30.9. The fourth-order valence-corrected chi connectivity index (χ4v) is 5.92. The third-order valence-electron chi connectivity index (χ3n) is 8.07. The molecule has 0 atom stereocenters. The van der Waals surface area contributed by atoms with E-state index in [9.17, 15) is 53.5 Å². The summed E-state index contributed by atoms with van der Waals surface area (Å²) in [6.07, 6.45) is -11.5. The number of nitrogens with zero attached hydrogens (tertiary/aromatic N) is 4. The van der Waals surface area contributed by atoms with Gasteiger partial charge in [-0.2, -0.15) is 39.5 Å². The summed E-state index contributed by atoms with van der Waals surface area (Å²) in [5.41, 5.74) is -5.46. The van der Waals surface area contributed by atoms with Crippen molar-refractivity contribution in [2.24, 2.45) is 0 Å². The van der Waals surface area contributed by atoms with Crippen molar-refractivity contribution in [3.8, 4) is 17.4 Å². The Balaban J connectivity index is 0.000000270. The Morgan fingerprint density at radius 2 is 1.49 bits per heavy atom. The highest BCUT2D eigenvalue weighted by Crippen LogP contribution is 2.54. The standard InChI is InChI=1S/C19H15F7N4O2.C18H14Cl4F3NO3/c1-11(31)30-15-5-4-14(17(20,18(21,22)23)19(24,25)26)7-13(15)10-29(16(30)32)28-9-12-3-2-6-27-8-12;19-13-8-12(27-7-4-15(21)22)9-14(20)17(13)29-6-1-5-28-16-3-2-11(10-26-16)18(23,24)25/h2-8,28H,9-10H2,1H3;2-4,8-10H,1,5-7H2. The van der Waals surface area contributed by atoms with Crippen LogP contribution in [0.25, 0.3) is 0 Å². The second-order valence-corrected chi connectivity index (χ2v) is 14.2. The monoisotopic (exact) mass is 953 g/mol. The molecule has 1 aliphatic heterocycles. The molecule has 0 unspecified atom stereocenters. The number of aromatic nitrogens is 2. The van der Waals surface area contributed by atoms with Gasteiger partial charge in [0, 0.05) is 62.2 Å². The summed E-state index contributed by atoms with van der Waals surface area (Å²) >= 11 is 23.3. The van der Waals surface area contributed by atoms with Crippen LogP contribution in [0.1, 0.15) is 35.6 Å². The van der Waals surface area contributed by atoms with Crippen LogP contribution in [0, 0.1) is 0 Å². The summed E-state index contributed by atoms with van der Waals surface area (Å²) in [5, 5.41) is 1.33. The SMILES string of the molecule is CC(=O)N1C(=O)N(NCc2cccnc2)Cc2cc(C(F)(C(F)(F)F)C(F)(F)F)ccc21.FC(F)(F)c1ccc(OCCCOc2c(Cl)cc(OCC=C(Cl)Cl)cc2Cl)nc1. The van der Waals surface area contributed by atoms with Gasteiger partial charge in [-0.3, -0.25) is 14.8 Å². The van der Waals surface area contributed by atoms with Gasteiger partial charge in [0.25, 0.3) is 0 Å². The zero-order valence-corrected chi connectivity index (χ0v) is 33.9. The van der Waals surface area contributed by atoms with Crippen molar-refractivity contribution in [2.45, 2.75) is 50.6 Å². The maximum Gasteiger partial charge on any atom is 0.435 e. The van der Waals surface area contributed by atoms with E-state index >= 15 is 0 Å². The maximum atomic E-state index is 14.5. The molecule has 1 N–H and O–H groups in total. The molecule has 0 spiro atoms. The number of hydrogen-bond donors (Lipinski definition) is 1. The number of halogens is 14. The molecule has 10 nitrogen and oxygen atoms in total. The number of carbonyl (C=O) groups is 2. The van der Waals surface area contributed by atoms with Crippen LogP contribution in [0.4, 0.5) is 54.4 Å². The van der Waals surface area contributed by atoms with Crippen molar-refractivity contribution in [1.82, 2.24) is 20.4 Å². The summed E-state index contributed by atoms with van der Waals surface area (Å²) in [6.45, 7) is 1.02. The number of carbonyl (C=O) groups excluding carboxylic acids is 2. The number of imide groups is 1. The van der Waals surface area contributed by atoms with Crippen LogP contribution in [-0.2, 0) is 29.7 Å². The van der Waals surface area contributed by atoms with Crippen molar-refractivity contribution in [3.05, 3.63) is 116 Å².